The maximum absolute atomic E-state index is 12.2. The van der Waals surface area contributed by atoms with Crippen LogP contribution < -0.4 is 0 Å². The number of carbonyl (C=O) groups excluding carboxylic acids is 2. The molecule has 1 saturated carbocycles. The van der Waals surface area contributed by atoms with Crippen LogP contribution in [0.4, 0.5) is 4.79 Å². The lowest BCUT2D eigenvalue weighted by Crippen LogP contribution is -2.40. The van der Waals surface area contributed by atoms with Crippen molar-refractivity contribution in [2.75, 3.05) is 6.61 Å². The van der Waals surface area contributed by atoms with E-state index in [2.05, 4.69) is 19.9 Å². The molecule has 124 valence electrons. The molecule has 4 heteroatoms. The molecule has 2 rings (SSSR count). The van der Waals surface area contributed by atoms with Gasteiger partial charge in [-0.25, -0.2) is 4.79 Å². The van der Waals surface area contributed by atoms with Gasteiger partial charge in [-0.15, -0.1) is 0 Å². The van der Waals surface area contributed by atoms with Crippen LogP contribution in [0, 0.1) is 29.6 Å². The Morgan fingerprint density at radius 3 is 2.73 bits per heavy atom. The fourth-order valence-electron chi connectivity index (χ4n) is 4.17. The molecule has 0 N–H and O–H groups in total. The summed E-state index contributed by atoms with van der Waals surface area (Å²) in [6.07, 6.45) is 6.03. The van der Waals surface area contributed by atoms with Crippen molar-refractivity contribution in [3.05, 3.63) is 11.6 Å². The highest BCUT2D eigenvalue weighted by atomic mass is 16.7. The Morgan fingerprint density at radius 2 is 2.05 bits per heavy atom. The van der Waals surface area contributed by atoms with Gasteiger partial charge in [0.2, 0.25) is 0 Å². The fraction of sp³-hybridized carbons (Fsp3) is 0.778. The minimum Gasteiger partial charge on any atom is -0.434 e. The fourth-order valence-corrected chi connectivity index (χ4v) is 4.17. The minimum absolute atomic E-state index is 0.216. The number of ether oxygens (including phenoxy) is 2. The second-order valence-corrected chi connectivity index (χ2v) is 6.90. The van der Waals surface area contributed by atoms with Crippen LogP contribution in [-0.2, 0) is 14.3 Å². The van der Waals surface area contributed by atoms with Gasteiger partial charge in [-0.1, -0.05) is 31.9 Å². The summed E-state index contributed by atoms with van der Waals surface area (Å²) >= 11 is 0. The number of esters is 1. The third-order valence-corrected chi connectivity index (χ3v) is 5.48. The first-order valence-electron chi connectivity index (χ1n) is 8.49. The maximum atomic E-state index is 12.2. The summed E-state index contributed by atoms with van der Waals surface area (Å²) < 4.78 is 9.52. The highest BCUT2D eigenvalue weighted by Gasteiger charge is 2.42. The van der Waals surface area contributed by atoms with Crippen molar-refractivity contribution in [3.8, 4) is 0 Å². The van der Waals surface area contributed by atoms with Crippen LogP contribution in [0.3, 0.4) is 0 Å². The molecule has 5 atom stereocenters. The van der Waals surface area contributed by atoms with Crippen LogP contribution in [0.15, 0.2) is 11.6 Å². The van der Waals surface area contributed by atoms with E-state index in [1.807, 2.05) is 6.92 Å². The Morgan fingerprint density at radius 1 is 1.32 bits per heavy atom. The van der Waals surface area contributed by atoms with Crippen molar-refractivity contribution in [2.45, 2.75) is 53.4 Å². The van der Waals surface area contributed by atoms with E-state index in [0.29, 0.717) is 17.8 Å². The van der Waals surface area contributed by atoms with Gasteiger partial charge in [0.25, 0.3) is 0 Å². The summed E-state index contributed by atoms with van der Waals surface area (Å²) in [5, 5.41) is 0. The summed E-state index contributed by atoms with van der Waals surface area (Å²) in [4.78, 5) is 23.6. The highest BCUT2D eigenvalue weighted by Crippen LogP contribution is 2.48. The number of rotatable bonds is 3. The van der Waals surface area contributed by atoms with Crippen LogP contribution in [0.1, 0.15) is 53.4 Å². The summed E-state index contributed by atoms with van der Waals surface area (Å²) in [5.41, 5.74) is 1.42. The van der Waals surface area contributed by atoms with Crippen LogP contribution >= 0.6 is 0 Å². The van der Waals surface area contributed by atoms with E-state index in [1.165, 1.54) is 18.4 Å². The van der Waals surface area contributed by atoms with E-state index in [4.69, 9.17) is 9.47 Å². The second-order valence-electron chi connectivity index (χ2n) is 6.90. The predicted octanol–water partition coefficient (Wildman–Crippen LogP) is 4.34. The normalized spacial score (nSPS) is 32.5. The molecular formula is C18H28O4. The largest absolute Gasteiger partial charge is 0.516 e. The average molecular weight is 308 g/mol. The lowest BCUT2D eigenvalue weighted by Gasteiger charge is -2.45. The van der Waals surface area contributed by atoms with Crippen molar-refractivity contribution in [1.29, 1.82) is 0 Å². The Kier molecular flexibility index (Phi) is 5.65. The van der Waals surface area contributed by atoms with Crippen LogP contribution in [0.2, 0.25) is 0 Å². The van der Waals surface area contributed by atoms with E-state index in [9.17, 15) is 9.59 Å². The molecule has 0 aromatic carbocycles. The molecule has 4 nitrogen and oxygen atoms in total. The van der Waals surface area contributed by atoms with Crippen molar-refractivity contribution in [2.24, 2.45) is 29.6 Å². The quantitative estimate of drug-likeness (QED) is 0.442. The molecule has 0 radical (unpaired) electrons. The molecular weight excluding hydrogens is 280 g/mol. The minimum atomic E-state index is -0.879. The van der Waals surface area contributed by atoms with Crippen molar-refractivity contribution >= 4 is 12.1 Å². The van der Waals surface area contributed by atoms with Gasteiger partial charge in [-0.2, -0.15) is 0 Å². The number of fused-ring (bicyclic) bond motifs is 1. The average Bonchev–Trinajstić information content (AvgIpc) is 2.47. The zero-order chi connectivity index (χ0) is 16.3. The number of carbonyl (C=O) groups is 2. The van der Waals surface area contributed by atoms with Crippen molar-refractivity contribution in [1.82, 2.24) is 0 Å². The maximum Gasteiger partial charge on any atom is 0.516 e. The van der Waals surface area contributed by atoms with Crippen LogP contribution in [0.25, 0.3) is 0 Å². The summed E-state index contributed by atoms with van der Waals surface area (Å²) in [7, 11) is 0. The SMILES string of the molecule is CCOC(=O)OC(=O)C(C)C1CC[C@@H](C)[C@@H]2CCC(C)=C[C@H]12. The lowest BCUT2D eigenvalue weighted by molar-refractivity contribution is -0.147. The molecule has 0 aromatic heterocycles. The highest BCUT2D eigenvalue weighted by molar-refractivity contribution is 5.83. The van der Waals surface area contributed by atoms with Gasteiger partial charge in [-0.05, 0) is 56.8 Å². The molecule has 0 amide bonds. The molecule has 0 bridgehead atoms. The van der Waals surface area contributed by atoms with E-state index >= 15 is 0 Å². The van der Waals surface area contributed by atoms with Gasteiger partial charge in [0.05, 0.1) is 12.5 Å². The van der Waals surface area contributed by atoms with Crippen molar-refractivity contribution < 1.29 is 19.1 Å². The summed E-state index contributed by atoms with van der Waals surface area (Å²) in [6, 6.07) is 0. The van der Waals surface area contributed by atoms with E-state index < -0.39 is 12.1 Å². The third kappa shape index (κ3) is 3.71. The number of hydrogen-bond acceptors (Lipinski definition) is 4. The zero-order valence-corrected chi connectivity index (χ0v) is 14.1. The zero-order valence-electron chi connectivity index (χ0n) is 14.1. The Hall–Kier alpha value is -1.32. The van der Waals surface area contributed by atoms with Gasteiger partial charge in [0.1, 0.15) is 0 Å². The number of hydrogen-bond donors (Lipinski definition) is 0. The molecule has 1 fully saturated rings. The van der Waals surface area contributed by atoms with Gasteiger partial charge in [0.15, 0.2) is 0 Å². The molecule has 2 unspecified atom stereocenters. The third-order valence-electron chi connectivity index (χ3n) is 5.48. The van der Waals surface area contributed by atoms with Crippen LogP contribution in [0.5, 0.6) is 0 Å². The van der Waals surface area contributed by atoms with Gasteiger partial charge >= 0.3 is 12.1 Å². The first kappa shape index (κ1) is 17.0. The van der Waals surface area contributed by atoms with Gasteiger partial charge < -0.3 is 9.47 Å². The Balaban J connectivity index is 2.07. The second kappa shape index (κ2) is 7.30. The smallest absolute Gasteiger partial charge is 0.434 e. The lowest BCUT2D eigenvalue weighted by atomic mass is 9.60. The molecule has 0 heterocycles. The van der Waals surface area contributed by atoms with Gasteiger partial charge in [0, 0.05) is 0 Å². The first-order valence-corrected chi connectivity index (χ1v) is 8.49. The standard InChI is InChI=1S/C18H28O4/c1-5-21-18(20)22-17(19)13(4)15-9-7-12(3)14-8-6-11(2)10-16(14)15/h10,12-16H,5-9H2,1-4H3/t12-,13?,14+,15?,16+/m1/s1. The van der Waals surface area contributed by atoms with E-state index in [0.717, 1.165) is 12.8 Å². The molecule has 0 aliphatic heterocycles. The Labute approximate surface area is 133 Å². The molecule has 0 spiro atoms. The van der Waals surface area contributed by atoms with E-state index in [1.54, 1.807) is 6.92 Å². The monoisotopic (exact) mass is 308 g/mol. The first-order chi connectivity index (χ1) is 10.4. The molecule has 0 saturated heterocycles. The van der Waals surface area contributed by atoms with E-state index in [-0.39, 0.29) is 18.4 Å². The molecule has 22 heavy (non-hydrogen) atoms. The Bertz CT molecular complexity index is 454. The topological polar surface area (TPSA) is 52.6 Å². The predicted molar refractivity (Wildman–Crippen MR) is 84.1 cm³/mol. The summed E-state index contributed by atoms with van der Waals surface area (Å²) in [5.74, 6) is 1.33. The molecule has 0 aromatic rings. The van der Waals surface area contributed by atoms with Gasteiger partial charge in [-0.3, -0.25) is 4.79 Å². The van der Waals surface area contributed by atoms with Crippen molar-refractivity contribution in [3.63, 3.8) is 0 Å². The number of allylic oxidation sites excluding steroid dienone is 2. The molecule has 2 aliphatic rings. The van der Waals surface area contributed by atoms with Crippen LogP contribution in [-0.4, -0.2) is 18.7 Å². The molecule has 2 aliphatic carbocycles. The summed E-state index contributed by atoms with van der Waals surface area (Å²) in [6.45, 7) is 8.29.